The fraction of sp³-hybridized carbons (Fsp3) is 0.929. The lowest BCUT2D eigenvalue weighted by molar-refractivity contribution is -0.151. The van der Waals surface area contributed by atoms with Crippen LogP contribution >= 0.6 is 0 Å². The van der Waals surface area contributed by atoms with E-state index in [0.717, 1.165) is 51.7 Å². The Balaban J connectivity index is 2.39. The Bertz CT molecular complexity index is 266. The molecule has 1 saturated heterocycles. The molecule has 1 aliphatic heterocycles. The van der Waals surface area contributed by atoms with Crippen LogP contribution in [0.2, 0.25) is 0 Å². The lowest BCUT2D eigenvalue weighted by Gasteiger charge is -2.39. The standard InChI is InChI=1S/C14H27NO3/c1-14(2,13(17)18)12-7-6-9-15(11-12)8-4-3-5-10-16/h12,16H,3-11H2,1-2H3,(H,17,18). The van der Waals surface area contributed by atoms with Gasteiger partial charge in [0.15, 0.2) is 0 Å². The molecule has 4 heteroatoms. The largest absolute Gasteiger partial charge is 0.481 e. The summed E-state index contributed by atoms with van der Waals surface area (Å²) in [5.74, 6) is -0.434. The highest BCUT2D eigenvalue weighted by atomic mass is 16.4. The normalized spacial score (nSPS) is 22.1. The Hall–Kier alpha value is -0.610. The Morgan fingerprint density at radius 1 is 1.33 bits per heavy atom. The van der Waals surface area contributed by atoms with Crippen LogP contribution in [0, 0.1) is 11.3 Å². The van der Waals surface area contributed by atoms with Gasteiger partial charge in [-0.05, 0) is 65.0 Å². The van der Waals surface area contributed by atoms with Crippen molar-refractivity contribution in [2.45, 2.75) is 46.0 Å². The number of likely N-dealkylation sites (tertiary alicyclic amines) is 1. The van der Waals surface area contributed by atoms with Crippen LogP contribution in [-0.2, 0) is 4.79 Å². The average molecular weight is 257 g/mol. The van der Waals surface area contributed by atoms with Crippen molar-refractivity contribution in [3.8, 4) is 0 Å². The lowest BCUT2D eigenvalue weighted by Crippen LogP contribution is -2.44. The first-order valence-electron chi connectivity index (χ1n) is 7.05. The van der Waals surface area contributed by atoms with Crippen LogP contribution < -0.4 is 0 Å². The summed E-state index contributed by atoms with van der Waals surface area (Å²) in [6.07, 6.45) is 5.15. The first-order valence-corrected chi connectivity index (χ1v) is 7.05. The van der Waals surface area contributed by atoms with Crippen LogP contribution in [0.1, 0.15) is 46.0 Å². The minimum absolute atomic E-state index is 0.251. The predicted molar refractivity (Wildman–Crippen MR) is 71.5 cm³/mol. The molecule has 0 aromatic rings. The molecular formula is C14H27NO3. The van der Waals surface area contributed by atoms with Crippen molar-refractivity contribution in [3.05, 3.63) is 0 Å². The first-order chi connectivity index (χ1) is 8.48. The predicted octanol–water partition coefficient (Wildman–Crippen LogP) is 1.97. The molecule has 1 unspecified atom stereocenters. The Labute approximate surface area is 110 Å². The van der Waals surface area contributed by atoms with E-state index in [1.54, 1.807) is 0 Å². The summed E-state index contributed by atoms with van der Waals surface area (Å²) in [4.78, 5) is 13.7. The third kappa shape index (κ3) is 4.25. The molecule has 4 nitrogen and oxygen atoms in total. The zero-order chi connectivity index (χ0) is 13.6. The highest BCUT2D eigenvalue weighted by molar-refractivity contribution is 5.74. The van der Waals surface area contributed by atoms with E-state index < -0.39 is 11.4 Å². The van der Waals surface area contributed by atoms with E-state index in [-0.39, 0.29) is 12.5 Å². The van der Waals surface area contributed by atoms with Crippen LogP contribution in [0.25, 0.3) is 0 Å². The van der Waals surface area contributed by atoms with Gasteiger partial charge in [0.1, 0.15) is 0 Å². The molecule has 1 rings (SSSR count). The molecule has 0 amide bonds. The number of piperidine rings is 1. The number of aliphatic hydroxyl groups is 1. The summed E-state index contributed by atoms with van der Waals surface area (Å²) < 4.78 is 0. The van der Waals surface area contributed by atoms with E-state index in [2.05, 4.69) is 4.90 Å². The van der Waals surface area contributed by atoms with Gasteiger partial charge in [0.2, 0.25) is 0 Å². The van der Waals surface area contributed by atoms with E-state index in [0.29, 0.717) is 0 Å². The lowest BCUT2D eigenvalue weighted by atomic mass is 9.74. The minimum atomic E-state index is -0.686. The van der Waals surface area contributed by atoms with Gasteiger partial charge in [0.05, 0.1) is 5.41 Å². The topological polar surface area (TPSA) is 60.8 Å². The van der Waals surface area contributed by atoms with Gasteiger partial charge in [-0.3, -0.25) is 4.79 Å². The number of carbonyl (C=O) groups is 1. The van der Waals surface area contributed by atoms with Gasteiger partial charge < -0.3 is 15.1 Å². The van der Waals surface area contributed by atoms with Crippen LogP contribution in [0.3, 0.4) is 0 Å². The van der Waals surface area contributed by atoms with Crippen molar-refractivity contribution in [2.75, 3.05) is 26.2 Å². The molecule has 0 saturated carbocycles. The zero-order valence-corrected chi connectivity index (χ0v) is 11.7. The smallest absolute Gasteiger partial charge is 0.309 e. The number of aliphatic hydroxyl groups excluding tert-OH is 1. The maximum Gasteiger partial charge on any atom is 0.309 e. The number of hydrogen-bond donors (Lipinski definition) is 2. The Morgan fingerprint density at radius 3 is 2.67 bits per heavy atom. The average Bonchev–Trinajstić information content (AvgIpc) is 2.35. The number of carboxylic acids is 1. The number of carboxylic acid groups (broad SMARTS) is 1. The van der Waals surface area contributed by atoms with Crippen molar-refractivity contribution in [1.29, 1.82) is 0 Å². The molecule has 0 spiro atoms. The molecule has 0 aromatic heterocycles. The fourth-order valence-electron chi connectivity index (χ4n) is 2.65. The van der Waals surface area contributed by atoms with E-state index in [1.807, 2.05) is 13.8 Å². The van der Waals surface area contributed by atoms with Gasteiger partial charge in [-0.15, -0.1) is 0 Å². The molecular weight excluding hydrogens is 230 g/mol. The first kappa shape index (κ1) is 15.4. The van der Waals surface area contributed by atoms with Crippen LogP contribution in [0.15, 0.2) is 0 Å². The van der Waals surface area contributed by atoms with Gasteiger partial charge in [0.25, 0.3) is 0 Å². The number of unbranched alkanes of at least 4 members (excludes halogenated alkanes) is 2. The van der Waals surface area contributed by atoms with Gasteiger partial charge in [-0.2, -0.15) is 0 Å². The van der Waals surface area contributed by atoms with Gasteiger partial charge in [-0.1, -0.05) is 0 Å². The fourth-order valence-corrected chi connectivity index (χ4v) is 2.65. The Morgan fingerprint density at radius 2 is 2.06 bits per heavy atom. The Kier molecular flexibility index (Phi) is 6.09. The number of nitrogens with zero attached hydrogens (tertiary/aromatic N) is 1. The SMILES string of the molecule is CC(C)(C(=O)O)C1CCCN(CCCCCO)C1. The molecule has 18 heavy (non-hydrogen) atoms. The maximum absolute atomic E-state index is 11.3. The molecule has 1 heterocycles. The second-order valence-electron chi connectivity index (χ2n) is 5.95. The molecule has 106 valence electrons. The van der Waals surface area contributed by atoms with Gasteiger partial charge in [0, 0.05) is 13.2 Å². The highest BCUT2D eigenvalue weighted by Gasteiger charge is 2.38. The van der Waals surface area contributed by atoms with Crippen molar-refractivity contribution < 1.29 is 15.0 Å². The van der Waals surface area contributed by atoms with Gasteiger partial charge >= 0.3 is 5.97 Å². The molecule has 0 radical (unpaired) electrons. The minimum Gasteiger partial charge on any atom is -0.481 e. The van der Waals surface area contributed by atoms with Crippen LogP contribution in [0.4, 0.5) is 0 Å². The zero-order valence-electron chi connectivity index (χ0n) is 11.7. The molecule has 2 N–H and O–H groups in total. The van der Waals surface area contributed by atoms with Crippen molar-refractivity contribution in [3.63, 3.8) is 0 Å². The molecule has 0 aliphatic carbocycles. The van der Waals surface area contributed by atoms with E-state index in [9.17, 15) is 9.90 Å². The maximum atomic E-state index is 11.3. The number of hydrogen-bond acceptors (Lipinski definition) is 3. The third-order valence-electron chi connectivity index (χ3n) is 4.21. The van der Waals surface area contributed by atoms with Crippen molar-refractivity contribution in [2.24, 2.45) is 11.3 Å². The van der Waals surface area contributed by atoms with Crippen LogP contribution in [0.5, 0.6) is 0 Å². The second-order valence-corrected chi connectivity index (χ2v) is 5.95. The summed E-state index contributed by atoms with van der Waals surface area (Å²) in [6, 6.07) is 0. The number of aliphatic carboxylic acids is 1. The highest BCUT2D eigenvalue weighted by Crippen LogP contribution is 2.34. The van der Waals surface area contributed by atoms with Crippen molar-refractivity contribution in [1.82, 2.24) is 4.90 Å². The quantitative estimate of drug-likeness (QED) is 0.685. The van der Waals surface area contributed by atoms with Crippen molar-refractivity contribution >= 4 is 5.97 Å². The summed E-state index contributed by atoms with van der Waals surface area (Å²) in [7, 11) is 0. The summed E-state index contributed by atoms with van der Waals surface area (Å²) in [5.41, 5.74) is -0.621. The summed E-state index contributed by atoms with van der Waals surface area (Å²) in [6.45, 7) is 6.98. The molecule has 0 bridgehead atoms. The van der Waals surface area contributed by atoms with Gasteiger partial charge in [-0.25, -0.2) is 0 Å². The summed E-state index contributed by atoms with van der Waals surface area (Å²) in [5, 5.41) is 18.0. The molecule has 1 atom stereocenters. The monoisotopic (exact) mass is 257 g/mol. The number of rotatable bonds is 7. The summed E-state index contributed by atoms with van der Waals surface area (Å²) >= 11 is 0. The van der Waals surface area contributed by atoms with E-state index in [4.69, 9.17) is 5.11 Å². The van der Waals surface area contributed by atoms with Crippen LogP contribution in [-0.4, -0.2) is 47.3 Å². The molecule has 0 aromatic carbocycles. The second kappa shape index (κ2) is 7.10. The van der Waals surface area contributed by atoms with E-state index >= 15 is 0 Å². The molecule has 1 fully saturated rings. The van der Waals surface area contributed by atoms with E-state index in [1.165, 1.54) is 0 Å². The molecule has 1 aliphatic rings. The third-order valence-corrected chi connectivity index (χ3v) is 4.21.